The average Bonchev–Trinajstić information content (AvgIpc) is 2.54. The molecule has 0 saturated carbocycles. The molecule has 140 valence electrons. The lowest BCUT2D eigenvalue weighted by molar-refractivity contribution is -0.115. The molecule has 1 N–H and O–H groups in total. The van der Waals surface area contributed by atoms with Crippen molar-refractivity contribution in [3.63, 3.8) is 0 Å². The molecule has 0 aliphatic carbocycles. The van der Waals surface area contributed by atoms with E-state index in [1.807, 2.05) is 6.92 Å². The van der Waals surface area contributed by atoms with Crippen LogP contribution in [0.2, 0.25) is 10.0 Å². The fraction of sp³-hybridized carbons (Fsp3) is 0.278. The zero-order chi connectivity index (χ0) is 19.6. The maximum atomic E-state index is 12.4. The maximum absolute atomic E-state index is 12.4. The number of nitrogens with one attached hydrogen (secondary N) is 1. The largest absolute Gasteiger partial charge is 0.326 e. The van der Waals surface area contributed by atoms with Gasteiger partial charge in [-0.3, -0.25) is 4.79 Å². The van der Waals surface area contributed by atoms with Crippen LogP contribution in [0.5, 0.6) is 0 Å². The molecule has 0 aliphatic rings. The molecule has 0 aromatic heterocycles. The lowest BCUT2D eigenvalue weighted by atomic mass is 10.1. The number of hydrogen-bond donors (Lipinski definition) is 1. The van der Waals surface area contributed by atoms with Gasteiger partial charge in [0.25, 0.3) is 0 Å². The number of sulfonamides is 1. The maximum Gasteiger partial charge on any atom is 0.242 e. The van der Waals surface area contributed by atoms with Crippen molar-refractivity contribution < 1.29 is 13.2 Å². The van der Waals surface area contributed by atoms with Crippen LogP contribution in [0, 0.1) is 13.8 Å². The van der Waals surface area contributed by atoms with Gasteiger partial charge in [-0.15, -0.1) is 0 Å². The first-order chi connectivity index (χ1) is 12.0. The second-order valence-electron chi connectivity index (χ2n) is 6.16. The Hall–Kier alpha value is -1.60. The van der Waals surface area contributed by atoms with Crippen LogP contribution in [0.4, 0.5) is 5.69 Å². The van der Waals surface area contributed by atoms with Crippen molar-refractivity contribution >= 4 is 44.8 Å². The topological polar surface area (TPSA) is 66.5 Å². The molecule has 2 aromatic carbocycles. The van der Waals surface area contributed by atoms with Crippen LogP contribution >= 0.6 is 23.2 Å². The molecule has 2 aromatic rings. The van der Waals surface area contributed by atoms with E-state index in [-0.39, 0.29) is 17.2 Å². The normalized spacial score (nSPS) is 11.7. The van der Waals surface area contributed by atoms with E-state index in [0.29, 0.717) is 21.3 Å². The van der Waals surface area contributed by atoms with Gasteiger partial charge in [0.15, 0.2) is 0 Å². The molecule has 5 nitrogen and oxygen atoms in total. The monoisotopic (exact) mass is 414 g/mol. The van der Waals surface area contributed by atoms with E-state index in [9.17, 15) is 13.2 Å². The van der Waals surface area contributed by atoms with Crippen molar-refractivity contribution in [3.8, 4) is 0 Å². The van der Waals surface area contributed by atoms with E-state index in [2.05, 4.69) is 5.32 Å². The highest BCUT2D eigenvalue weighted by Gasteiger charge is 2.20. The number of nitrogens with zero attached hydrogens (tertiary/aromatic N) is 1. The molecule has 0 heterocycles. The predicted molar refractivity (Wildman–Crippen MR) is 106 cm³/mol. The summed E-state index contributed by atoms with van der Waals surface area (Å²) in [4.78, 5) is 12.5. The number of aryl methyl sites for hydroxylation is 1. The second-order valence-corrected chi connectivity index (χ2v) is 9.16. The number of hydrogen-bond acceptors (Lipinski definition) is 3. The van der Waals surface area contributed by atoms with Gasteiger partial charge in [0.1, 0.15) is 0 Å². The summed E-state index contributed by atoms with van der Waals surface area (Å²) in [7, 11) is -0.671. The van der Waals surface area contributed by atoms with Crippen LogP contribution in [0.15, 0.2) is 35.2 Å². The minimum Gasteiger partial charge on any atom is -0.326 e. The minimum absolute atomic E-state index is 0.0547. The van der Waals surface area contributed by atoms with Crippen LogP contribution in [-0.2, 0) is 21.2 Å². The molecular formula is C18H20Cl2N2O3S. The Morgan fingerprint density at radius 1 is 1.12 bits per heavy atom. The molecule has 0 atom stereocenters. The van der Waals surface area contributed by atoms with E-state index < -0.39 is 10.0 Å². The number of benzene rings is 2. The Labute approximate surface area is 164 Å². The van der Waals surface area contributed by atoms with Crippen molar-refractivity contribution in [2.24, 2.45) is 0 Å². The van der Waals surface area contributed by atoms with E-state index in [4.69, 9.17) is 23.2 Å². The third-order valence-electron chi connectivity index (χ3n) is 4.06. The summed E-state index contributed by atoms with van der Waals surface area (Å²) in [6, 6.07) is 7.99. The van der Waals surface area contributed by atoms with E-state index >= 15 is 0 Å². The lowest BCUT2D eigenvalue weighted by Gasteiger charge is -2.16. The molecule has 0 saturated heterocycles. The Bertz CT molecular complexity index is 957. The molecule has 1 amide bonds. The first kappa shape index (κ1) is 20.7. The molecular weight excluding hydrogens is 395 g/mol. The van der Waals surface area contributed by atoms with Gasteiger partial charge in [-0.1, -0.05) is 29.3 Å². The van der Waals surface area contributed by atoms with Crippen molar-refractivity contribution in [2.75, 3.05) is 19.4 Å². The Kier molecular flexibility index (Phi) is 6.34. The lowest BCUT2D eigenvalue weighted by Crippen LogP contribution is -2.23. The number of carbonyl (C=O) groups is 1. The number of carbonyl (C=O) groups excluding carboxylic acids is 1. The van der Waals surface area contributed by atoms with Gasteiger partial charge in [-0.05, 0) is 54.8 Å². The van der Waals surface area contributed by atoms with Crippen molar-refractivity contribution in [3.05, 3.63) is 57.1 Å². The third-order valence-corrected chi connectivity index (χ3v) is 6.44. The van der Waals surface area contributed by atoms with Crippen LogP contribution in [0.3, 0.4) is 0 Å². The van der Waals surface area contributed by atoms with Crippen LogP contribution in [-0.4, -0.2) is 32.7 Å². The number of amides is 1. The summed E-state index contributed by atoms with van der Waals surface area (Å²) in [5.41, 5.74) is 2.67. The number of halogens is 2. The fourth-order valence-corrected chi connectivity index (χ4v) is 3.84. The zero-order valence-corrected chi connectivity index (χ0v) is 17.3. The van der Waals surface area contributed by atoms with E-state index in [1.165, 1.54) is 20.2 Å². The van der Waals surface area contributed by atoms with Gasteiger partial charge in [0, 0.05) is 29.8 Å². The Balaban J connectivity index is 2.31. The molecule has 0 bridgehead atoms. The molecule has 0 unspecified atom stereocenters. The molecule has 8 heteroatoms. The van der Waals surface area contributed by atoms with Crippen molar-refractivity contribution in [1.82, 2.24) is 4.31 Å². The summed E-state index contributed by atoms with van der Waals surface area (Å²) in [6.45, 7) is 3.63. The molecule has 0 fully saturated rings. The van der Waals surface area contributed by atoms with Gasteiger partial charge < -0.3 is 5.32 Å². The standard InChI is InChI=1S/C18H20Cl2N2O3S/c1-11-7-15(26(24,25)22(3)4)10-17(12(11)2)21-18(23)8-13-5-6-14(19)9-16(13)20/h5-7,9-10H,8H2,1-4H3,(H,21,23). The summed E-state index contributed by atoms with van der Waals surface area (Å²) in [6.07, 6.45) is 0.0547. The quantitative estimate of drug-likeness (QED) is 0.802. The molecule has 0 aliphatic heterocycles. The first-order valence-corrected chi connectivity index (χ1v) is 9.99. The smallest absolute Gasteiger partial charge is 0.242 e. The summed E-state index contributed by atoms with van der Waals surface area (Å²) < 4.78 is 25.9. The van der Waals surface area contributed by atoms with Crippen LogP contribution < -0.4 is 5.32 Å². The summed E-state index contributed by atoms with van der Waals surface area (Å²) >= 11 is 12.0. The molecule has 26 heavy (non-hydrogen) atoms. The van der Waals surface area contributed by atoms with Crippen molar-refractivity contribution in [2.45, 2.75) is 25.2 Å². The minimum atomic E-state index is -3.60. The van der Waals surface area contributed by atoms with Gasteiger partial charge in [0.2, 0.25) is 15.9 Å². The zero-order valence-electron chi connectivity index (χ0n) is 14.9. The van der Waals surface area contributed by atoms with Crippen LogP contribution in [0.25, 0.3) is 0 Å². The second kappa shape index (κ2) is 7.96. The number of rotatable bonds is 5. The van der Waals surface area contributed by atoms with Crippen LogP contribution in [0.1, 0.15) is 16.7 Å². The van der Waals surface area contributed by atoms with E-state index in [1.54, 1.807) is 31.2 Å². The highest BCUT2D eigenvalue weighted by molar-refractivity contribution is 7.89. The highest BCUT2D eigenvalue weighted by atomic mass is 35.5. The van der Waals surface area contributed by atoms with Gasteiger partial charge >= 0.3 is 0 Å². The molecule has 2 rings (SSSR count). The van der Waals surface area contributed by atoms with Crippen molar-refractivity contribution in [1.29, 1.82) is 0 Å². The van der Waals surface area contributed by atoms with Gasteiger partial charge in [0.05, 0.1) is 11.3 Å². The highest BCUT2D eigenvalue weighted by Crippen LogP contribution is 2.26. The number of anilines is 1. The SMILES string of the molecule is Cc1cc(S(=O)(=O)N(C)C)cc(NC(=O)Cc2ccc(Cl)cc2Cl)c1C. The molecule has 0 spiro atoms. The van der Waals surface area contributed by atoms with Gasteiger partial charge in [-0.25, -0.2) is 12.7 Å². The third kappa shape index (κ3) is 4.57. The molecule has 0 radical (unpaired) electrons. The fourth-order valence-electron chi connectivity index (χ4n) is 2.35. The average molecular weight is 415 g/mol. The predicted octanol–water partition coefficient (Wildman–Crippen LogP) is 4.04. The Morgan fingerprint density at radius 2 is 1.77 bits per heavy atom. The first-order valence-electron chi connectivity index (χ1n) is 7.80. The summed E-state index contributed by atoms with van der Waals surface area (Å²) in [5.74, 6) is -0.295. The van der Waals surface area contributed by atoms with E-state index in [0.717, 1.165) is 15.4 Å². The Morgan fingerprint density at radius 3 is 2.35 bits per heavy atom. The summed E-state index contributed by atoms with van der Waals surface area (Å²) in [5, 5.41) is 3.68. The van der Waals surface area contributed by atoms with Gasteiger partial charge in [-0.2, -0.15) is 0 Å².